The van der Waals surface area contributed by atoms with E-state index in [0.29, 0.717) is 17.0 Å². The highest BCUT2D eigenvalue weighted by molar-refractivity contribution is 5.96. The number of nitro benzene ring substituents is 1. The van der Waals surface area contributed by atoms with Crippen LogP contribution in [0.1, 0.15) is 29.8 Å². The molecule has 0 aromatic heterocycles. The lowest BCUT2D eigenvalue weighted by atomic mass is 10.1. The van der Waals surface area contributed by atoms with E-state index in [1.807, 2.05) is 13.8 Å². The Balaban J connectivity index is 1.97. The first kappa shape index (κ1) is 21.7. The summed E-state index contributed by atoms with van der Waals surface area (Å²) in [5, 5.41) is 13.6. The van der Waals surface area contributed by atoms with Gasteiger partial charge in [0.15, 0.2) is 12.4 Å². The molecule has 1 N–H and O–H groups in total. The predicted octanol–water partition coefficient (Wildman–Crippen LogP) is 3.49. The number of benzene rings is 2. The lowest BCUT2D eigenvalue weighted by molar-refractivity contribution is -0.385. The number of esters is 1. The lowest BCUT2D eigenvalue weighted by Gasteiger charge is -2.11. The number of nitrogens with zero attached hydrogens (tertiary/aromatic N) is 1. The van der Waals surface area contributed by atoms with Crippen LogP contribution < -0.4 is 14.8 Å². The summed E-state index contributed by atoms with van der Waals surface area (Å²) in [6, 6.07) is 9.01. The molecule has 0 aliphatic heterocycles. The topological polar surface area (TPSA) is 117 Å². The van der Waals surface area contributed by atoms with Crippen LogP contribution in [0.15, 0.2) is 36.4 Å². The van der Waals surface area contributed by atoms with Crippen LogP contribution >= 0.6 is 0 Å². The average molecular weight is 402 g/mol. The Hall–Kier alpha value is -3.62. The van der Waals surface area contributed by atoms with Crippen molar-refractivity contribution in [1.82, 2.24) is 0 Å². The van der Waals surface area contributed by atoms with Crippen molar-refractivity contribution in [3.05, 3.63) is 57.6 Å². The number of anilines is 1. The number of ether oxygens (including phenoxy) is 3. The Bertz CT molecular complexity index is 908. The van der Waals surface area contributed by atoms with E-state index < -0.39 is 23.4 Å². The monoisotopic (exact) mass is 402 g/mol. The zero-order valence-corrected chi connectivity index (χ0v) is 16.6. The minimum absolute atomic E-state index is 0.0107. The minimum atomic E-state index is -0.658. The number of rotatable bonds is 8. The van der Waals surface area contributed by atoms with Gasteiger partial charge >= 0.3 is 11.7 Å². The molecule has 0 bridgehead atoms. The van der Waals surface area contributed by atoms with Crippen LogP contribution in [0, 0.1) is 17.0 Å². The van der Waals surface area contributed by atoms with Crippen molar-refractivity contribution in [2.75, 3.05) is 19.0 Å². The number of nitrogens with one attached hydrogen (secondary N) is 1. The van der Waals surface area contributed by atoms with E-state index >= 15 is 0 Å². The van der Waals surface area contributed by atoms with Gasteiger partial charge in [-0.2, -0.15) is 0 Å². The zero-order valence-electron chi connectivity index (χ0n) is 16.6. The van der Waals surface area contributed by atoms with Crippen molar-refractivity contribution in [2.45, 2.75) is 26.9 Å². The second kappa shape index (κ2) is 9.54. The largest absolute Gasteiger partial charge is 0.491 e. The van der Waals surface area contributed by atoms with Crippen LogP contribution in [-0.2, 0) is 9.53 Å². The first-order valence-electron chi connectivity index (χ1n) is 8.78. The summed E-state index contributed by atoms with van der Waals surface area (Å²) in [4.78, 5) is 34.6. The molecule has 0 radical (unpaired) electrons. The molecule has 2 aromatic rings. The SMILES string of the molecule is COc1cc(NC(=O)COC(=O)c2ccc(OC(C)C)cc2)c(C)cc1[N+](=O)[O-]. The number of carbonyl (C=O) groups is 2. The molecule has 1 amide bonds. The van der Waals surface area contributed by atoms with Gasteiger partial charge in [0.1, 0.15) is 5.75 Å². The number of carbonyl (C=O) groups excluding carboxylic acids is 2. The molecule has 154 valence electrons. The van der Waals surface area contributed by atoms with E-state index in [1.165, 1.54) is 19.2 Å². The predicted molar refractivity (Wildman–Crippen MR) is 106 cm³/mol. The van der Waals surface area contributed by atoms with Crippen molar-refractivity contribution in [3.8, 4) is 11.5 Å². The Morgan fingerprint density at radius 3 is 2.38 bits per heavy atom. The molecular weight excluding hydrogens is 380 g/mol. The molecular formula is C20H22N2O7. The number of aryl methyl sites for hydroxylation is 1. The minimum Gasteiger partial charge on any atom is -0.491 e. The lowest BCUT2D eigenvalue weighted by Crippen LogP contribution is -2.21. The van der Waals surface area contributed by atoms with Crippen molar-refractivity contribution in [2.24, 2.45) is 0 Å². The van der Waals surface area contributed by atoms with Crippen LogP contribution in [0.25, 0.3) is 0 Å². The Labute approximate surface area is 167 Å². The maximum atomic E-state index is 12.1. The molecule has 0 unspecified atom stereocenters. The maximum Gasteiger partial charge on any atom is 0.338 e. The van der Waals surface area contributed by atoms with E-state index in [0.717, 1.165) is 0 Å². The highest BCUT2D eigenvalue weighted by Crippen LogP contribution is 2.32. The fourth-order valence-corrected chi connectivity index (χ4v) is 2.46. The Morgan fingerprint density at radius 2 is 1.83 bits per heavy atom. The number of methoxy groups -OCH3 is 1. The van der Waals surface area contributed by atoms with E-state index in [4.69, 9.17) is 14.2 Å². The molecule has 9 nitrogen and oxygen atoms in total. The average Bonchev–Trinajstić information content (AvgIpc) is 2.67. The molecule has 9 heteroatoms. The van der Waals surface area contributed by atoms with Crippen molar-refractivity contribution in [3.63, 3.8) is 0 Å². The van der Waals surface area contributed by atoms with Crippen LogP contribution in [0.3, 0.4) is 0 Å². The van der Waals surface area contributed by atoms with Gasteiger partial charge in [-0.25, -0.2) is 4.79 Å². The summed E-state index contributed by atoms with van der Waals surface area (Å²) in [5.74, 6) is -0.611. The molecule has 29 heavy (non-hydrogen) atoms. The second-order valence-electron chi connectivity index (χ2n) is 6.41. The summed E-state index contributed by atoms with van der Waals surface area (Å²) in [6.45, 7) is 4.88. The number of nitro groups is 1. The van der Waals surface area contributed by atoms with Gasteiger partial charge < -0.3 is 19.5 Å². The molecule has 0 fully saturated rings. The number of hydrogen-bond donors (Lipinski definition) is 1. The fourth-order valence-electron chi connectivity index (χ4n) is 2.46. The third-order valence-corrected chi connectivity index (χ3v) is 3.79. The molecule has 0 spiro atoms. The number of amides is 1. The van der Waals surface area contributed by atoms with Gasteiger partial charge in [0, 0.05) is 17.8 Å². The van der Waals surface area contributed by atoms with E-state index in [-0.39, 0.29) is 23.1 Å². The molecule has 2 aromatic carbocycles. The van der Waals surface area contributed by atoms with Gasteiger partial charge in [-0.05, 0) is 50.6 Å². The summed E-state index contributed by atoms with van der Waals surface area (Å²) >= 11 is 0. The van der Waals surface area contributed by atoms with Crippen LogP contribution in [0.2, 0.25) is 0 Å². The van der Waals surface area contributed by atoms with Crippen LogP contribution in [-0.4, -0.2) is 36.6 Å². The molecule has 0 saturated carbocycles. The van der Waals surface area contributed by atoms with Gasteiger partial charge in [-0.15, -0.1) is 0 Å². The van der Waals surface area contributed by atoms with E-state index in [9.17, 15) is 19.7 Å². The highest BCUT2D eigenvalue weighted by atomic mass is 16.6. The molecule has 0 aliphatic carbocycles. The Morgan fingerprint density at radius 1 is 1.17 bits per heavy atom. The third kappa shape index (κ3) is 5.93. The van der Waals surface area contributed by atoms with Crippen molar-refractivity contribution in [1.29, 1.82) is 0 Å². The van der Waals surface area contributed by atoms with Gasteiger partial charge in [0.25, 0.3) is 5.91 Å². The fraction of sp³-hybridized carbons (Fsp3) is 0.300. The van der Waals surface area contributed by atoms with Gasteiger partial charge in [-0.1, -0.05) is 0 Å². The molecule has 0 atom stereocenters. The van der Waals surface area contributed by atoms with Gasteiger partial charge in [0.2, 0.25) is 0 Å². The zero-order chi connectivity index (χ0) is 21.6. The van der Waals surface area contributed by atoms with Crippen molar-refractivity contribution < 1.29 is 28.7 Å². The molecule has 0 aliphatic rings. The van der Waals surface area contributed by atoms with E-state index in [1.54, 1.807) is 31.2 Å². The normalized spacial score (nSPS) is 10.4. The molecule has 2 rings (SSSR count). The summed E-state index contributed by atoms with van der Waals surface area (Å²) in [6.07, 6.45) is 0.0120. The van der Waals surface area contributed by atoms with Crippen LogP contribution in [0.5, 0.6) is 11.5 Å². The quantitative estimate of drug-likeness (QED) is 0.408. The summed E-state index contributed by atoms with van der Waals surface area (Å²) in [7, 11) is 1.29. The van der Waals surface area contributed by atoms with E-state index in [2.05, 4.69) is 5.32 Å². The summed E-state index contributed by atoms with van der Waals surface area (Å²) < 4.78 is 15.5. The van der Waals surface area contributed by atoms with Crippen molar-refractivity contribution >= 4 is 23.3 Å². The molecule has 0 saturated heterocycles. The maximum absolute atomic E-state index is 12.1. The van der Waals surface area contributed by atoms with Gasteiger partial charge in [0.05, 0.1) is 23.7 Å². The molecule has 0 heterocycles. The Kier molecular flexibility index (Phi) is 7.13. The third-order valence-electron chi connectivity index (χ3n) is 3.79. The summed E-state index contributed by atoms with van der Waals surface area (Å²) in [5.41, 5.74) is 0.864. The first-order chi connectivity index (χ1) is 13.7. The second-order valence-corrected chi connectivity index (χ2v) is 6.41. The van der Waals surface area contributed by atoms with Gasteiger partial charge in [-0.3, -0.25) is 14.9 Å². The first-order valence-corrected chi connectivity index (χ1v) is 8.78. The highest BCUT2D eigenvalue weighted by Gasteiger charge is 2.19. The number of hydrogen-bond acceptors (Lipinski definition) is 7. The van der Waals surface area contributed by atoms with Crippen LogP contribution in [0.4, 0.5) is 11.4 Å². The standard InChI is InChI=1S/C20H22N2O7/c1-12(2)29-15-7-5-14(6-8-15)20(24)28-11-19(23)21-16-10-18(27-4)17(22(25)26)9-13(16)3/h5-10,12H,11H2,1-4H3,(H,21,23). The smallest absolute Gasteiger partial charge is 0.338 e.